The van der Waals surface area contributed by atoms with Crippen LogP contribution in [0.4, 0.5) is 0 Å². The zero-order valence-electron chi connectivity index (χ0n) is 15.8. The number of amides is 1. The highest BCUT2D eigenvalue weighted by atomic mass is 16.5. The largest absolute Gasteiger partial charge is 0.380 e. The summed E-state index contributed by atoms with van der Waals surface area (Å²) in [5, 5.41) is 1.07. The molecule has 5 rings (SSSR count). The van der Waals surface area contributed by atoms with Gasteiger partial charge in [0.1, 0.15) is 5.52 Å². The molecule has 142 valence electrons. The van der Waals surface area contributed by atoms with Crippen molar-refractivity contribution in [2.45, 2.75) is 25.5 Å². The molecular weight excluding hydrogens is 352 g/mol. The molecule has 0 aliphatic carbocycles. The Morgan fingerprint density at radius 2 is 1.86 bits per heavy atom. The predicted molar refractivity (Wildman–Crippen MR) is 109 cm³/mol. The van der Waals surface area contributed by atoms with Crippen molar-refractivity contribution in [3.8, 4) is 0 Å². The smallest absolute Gasteiger partial charge is 0.224 e. The van der Waals surface area contributed by atoms with Crippen molar-refractivity contribution in [3.63, 3.8) is 0 Å². The van der Waals surface area contributed by atoms with Gasteiger partial charge in [0.15, 0.2) is 5.65 Å². The third-order valence-corrected chi connectivity index (χ3v) is 5.64. The Labute approximate surface area is 162 Å². The summed E-state index contributed by atoms with van der Waals surface area (Å²) in [5.74, 6) is 0.166. The Hall–Kier alpha value is -2.99. The van der Waals surface area contributed by atoms with Crippen molar-refractivity contribution < 1.29 is 9.53 Å². The molecule has 1 atom stereocenters. The van der Waals surface area contributed by atoms with Crippen molar-refractivity contribution in [1.82, 2.24) is 19.4 Å². The molecule has 2 aromatic carbocycles. The number of hydrogen-bond acceptors (Lipinski definition) is 4. The van der Waals surface area contributed by atoms with Gasteiger partial charge >= 0.3 is 0 Å². The Balaban J connectivity index is 1.52. The second-order valence-corrected chi connectivity index (χ2v) is 7.29. The number of rotatable bonds is 4. The molecule has 4 aromatic rings. The van der Waals surface area contributed by atoms with Crippen LogP contribution in [0.3, 0.4) is 0 Å². The molecule has 3 heterocycles. The molecule has 1 amide bonds. The minimum absolute atomic E-state index is 0.161. The van der Waals surface area contributed by atoms with Crippen LogP contribution in [0, 0.1) is 0 Å². The van der Waals surface area contributed by atoms with Crippen molar-refractivity contribution in [2.24, 2.45) is 0 Å². The highest BCUT2D eigenvalue weighted by Gasteiger charge is 2.26. The quantitative estimate of drug-likeness (QED) is 0.549. The Morgan fingerprint density at radius 3 is 2.64 bits per heavy atom. The Bertz CT molecular complexity index is 1180. The maximum absolute atomic E-state index is 12.7. The molecular formula is C22H22N4O2. The average Bonchev–Trinajstić information content (AvgIpc) is 3.33. The maximum Gasteiger partial charge on any atom is 0.224 e. The van der Waals surface area contributed by atoms with E-state index in [2.05, 4.69) is 16.7 Å². The summed E-state index contributed by atoms with van der Waals surface area (Å²) in [5.41, 5.74) is 4.55. The lowest BCUT2D eigenvalue weighted by Crippen LogP contribution is -2.30. The first-order valence-corrected chi connectivity index (χ1v) is 9.69. The van der Waals surface area contributed by atoms with E-state index in [-0.39, 0.29) is 12.0 Å². The van der Waals surface area contributed by atoms with Crippen LogP contribution >= 0.6 is 0 Å². The van der Waals surface area contributed by atoms with Crippen LogP contribution in [0.5, 0.6) is 0 Å². The molecule has 28 heavy (non-hydrogen) atoms. The lowest BCUT2D eigenvalue weighted by Gasteiger charge is -2.16. The van der Waals surface area contributed by atoms with E-state index in [4.69, 9.17) is 14.7 Å². The molecule has 0 spiro atoms. The third kappa shape index (κ3) is 2.81. The number of carbonyl (C=O) groups is 1. The number of carbonyl (C=O) groups excluding carboxylic acids is 1. The standard InChI is InChI=1S/C22H22N4O2/c1-28-15-10-12-25(14-15)20(27)11-13-26-19-9-5-2-6-16(19)21-22(26)24-18-8-4-3-7-17(18)23-21/h2-9,15H,10-14H2,1H3. The minimum atomic E-state index is 0.161. The number of hydrogen-bond donors (Lipinski definition) is 0. The van der Waals surface area contributed by atoms with Crippen LogP contribution in [0.25, 0.3) is 33.1 Å². The Morgan fingerprint density at radius 1 is 1.11 bits per heavy atom. The van der Waals surface area contributed by atoms with E-state index in [1.54, 1.807) is 7.11 Å². The summed E-state index contributed by atoms with van der Waals surface area (Å²) in [7, 11) is 1.71. The van der Waals surface area contributed by atoms with Gasteiger partial charge in [0.25, 0.3) is 0 Å². The number of benzene rings is 2. The summed E-state index contributed by atoms with van der Waals surface area (Å²) in [6, 6.07) is 16.1. The Kier molecular flexibility index (Phi) is 4.20. The van der Waals surface area contributed by atoms with E-state index in [0.717, 1.165) is 46.1 Å². The highest BCUT2D eigenvalue weighted by molar-refractivity contribution is 6.06. The van der Waals surface area contributed by atoms with Gasteiger partial charge in [0.2, 0.25) is 5.91 Å². The molecule has 1 aliphatic heterocycles. The molecule has 1 unspecified atom stereocenters. The minimum Gasteiger partial charge on any atom is -0.380 e. The molecule has 0 saturated carbocycles. The van der Waals surface area contributed by atoms with Crippen LogP contribution in [0.1, 0.15) is 12.8 Å². The zero-order chi connectivity index (χ0) is 19.1. The summed E-state index contributed by atoms with van der Waals surface area (Å²) >= 11 is 0. The molecule has 1 saturated heterocycles. The van der Waals surface area contributed by atoms with Gasteiger partial charge in [-0.3, -0.25) is 4.79 Å². The number of fused-ring (bicyclic) bond motifs is 4. The molecule has 0 bridgehead atoms. The summed E-state index contributed by atoms with van der Waals surface area (Å²) in [4.78, 5) is 24.3. The van der Waals surface area contributed by atoms with E-state index in [0.29, 0.717) is 19.5 Å². The fraction of sp³-hybridized carbons (Fsp3) is 0.318. The van der Waals surface area contributed by atoms with Crippen LogP contribution < -0.4 is 0 Å². The van der Waals surface area contributed by atoms with Gasteiger partial charge in [-0.05, 0) is 24.6 Å². The van der Waals surface area contributed by atoms with Gasteiger partial charge < -0.3 is 14.2 Å². The number of nitrogens with zero attached hydrogens (tertiary/aromatic N) is 4. The summed E-state index contributed by atoms with van der Waals surface area (Å²) in [6.07, 6.45) is 1.52. The second kappa shape index (κ2) is 6.87. The van der Waals surface area contributed by atoms with Crippen LogP contribution in [-0.4, -0.2) is 51.6 Å². The van der Waals surface area contributed by atoms with E-state index in [1.165, 1.54) is 0 Å². The van der Waals surface area contributed by atoms with Crippen molar-refractivity contribution in [1.29, 1.82) is 0 Å². The van der Waals surface area contributed by atoms with Gasteiger partial charge in [-0.25, -0.2) is 9.97 Å². The summed E-state index contributed by atoms with van der Waals surface area (Å²) in [6.45, 7) is 2.05. The zero-order valence-corrected chi connectivity index (χ0v) is 15.8. The fourth-order valence-electron chi connectivity index (χ4n) is 4.12. The number of para-hydroxylation sites is 3. The first kappa shape index (κ1) is 17.1. The van der Waals surface area contributed by atoms with Crippen LogP contribution in [-0.2, 0) is 16.1 Å². The lowest BCUT2D eigenvalue weighted by atomic mass is 10.2. The van der Waals surface area contributed by atoms with Gasteiger partial charge in [-0.15, -0.1) is 0 Å². The molecule has 0 N–H and O–H groups in total. The van der Waals surface area contributed by atoms with E-state index >= 15 is 0 Å². The molecule has 0 radical (unpaired) electrons. The van der Waals surface area contributed by atoms with Crippen molar-refractivity contribution in [2.75, 3.05) is 20.2 Å². The van der Waals surface area contributed by atoms with Crippen molar-refractivity contribution in [3.05, 3.63) is 48.5 Å². The third-order valence-electron chi connectivity index (χ3n) is 5.64. The SMILES string of the molecule is COC1CCN(C(=O)CCn2c3ccccc3c3nc4ccccc4nc32)C1. The van der Waals surface area contributed by atoms with Crippen LogP contribution in [0.2, 0.25) is 0 Å². The number of aromatic nitrogens is 3. The van der Waals surface area contributed by atoms with Gasteiger partial charge in [-0.1, -0.05) is 30.3 Å². The fourth-order valence-corrected chi connectivity index (χ4v) is 4.12. The van der Waals surface area contributed by atoms with Gasteiger partial charge in [-0.2, -0.15) is 0 Å². The van der Waals surface area contributed by atoms with Crippen LogP contribution in [0.15, 0.2) is 48.5 Å². The van der Waals surface area contributed by atoms with E-state index < -0.39 is 0 Å². The van der Waals surface area contributed by atoms with Crippen molar-refractivity contribution >= 4 is 39.0 Å². The predicted octanol–water partition coefficient (Wildman–Crippen LogP) is 3.38. The van der Waals surface area contributed by atoms with Gasteiger partial charge in [0, 0.05) is 38.6 Å². The lowest BCUT2D eigenvalue weighted by molar-refractivity contribution is -0.130. The topological polar surface area (TPSA) is 60.2 Å². The molecule has 1 aliphatic rings. The molecule has 6 heteroatoms. The highest BCUT2D eigenvalue weighted by Crippen LogP contribution is 2.28. The number of methoxy groups -OCH3 is 1. The number of likely N-dealkylation sites (tertiary alicyclic amines) is 1. The molecule has 2 aromatic heterocycles. The first-order chi connectivity index (χ1) is 13.7. The monoisotopic (exact) mass is 374 g/mol. The van der Waals surface area contributed by atoms with E-state index in [9.17, 15) is 4.79 Å². The average molecular weight is 374 g/mol. The normalized spacial score (nSPS) is 17.2. The van der Waals surface area contributed by atoms with E-state index in [1.807, 2.05) is 41.3 Å². The first-order valence-electron chi connectivity index (χ1n) is 9.69. The number of aryl methyl sites for hydroxylation is 1. The summed E-state index contributed by atoms with van der Waals surface area (Å²) < 4.78 is 7.51. The molecule has 1 fully saturated rings. The number of ether oxygens (including phenoxy) is 1. The molecule has 6 nitrogen and oxygen atoms in total. The van der Waals surface area contributed by atoms with Gasteiger partial charge in [0.05, 0.1) is 22.7 Å². The second-order valence-electron chi connectivity index (χ2n) is 7.29. The maximum atomic E-state index is 12.7.